The largest absolute Gasteiger partial charge is 0.355 e. The molecule has 22 heavy (non-hydrogen) atoms. The Kier molecular flexibility index (Phi) is 5.13. The van der Waals surface area contributed by atoms with Gasteiger partial charge in [0.05, 0.1) is 5.69 Å². The number of nitrogens with one attached hydrogen (secondary N) is 3. The molecular formula is C15H19N5O2. The van der Waals surface area contributed by atoms with Crippen LogP contribution in [0, 0.1) is 6.92 Å². The van der Waals surface area contributed by atoms with E-state index < -0.39 is 0 Å². The molecule has 1 aromatic carbocycles. The predicted molar refractivity (Wildman–Crippen MR) is 84.0 cm³/mol. The Balaban J connectivity index is 1.90. The fourth-order valence-electron chi connectivity index (χ4n) is 1.93. The van der Waals surface area contributed by atoms with Crippen LogP contribution in [0.2, 0.25) is 0 Å². The Hall–Kier alpha value is -2.83. The number of carbonyl (C=O) groups excluding carboxylic acids is 2. The minimum atomic E-state index is -0.305. The zero-order chi connectivity index (χ0) is 15.9. The number of hydrogen-bond acceptors (Lipinski definition) is 3. The zero-order valence-corrected chi connectivity index (χ0v) is 12.6. The number of urea groups is 1. The quantitative estimate of drug-likeness (QED) is 0.730. The molecule has 0 fully saturated rings. The van der Waals surface area contributed by atoms with Gasteiger partial charge in [0, 0.05) is 38.1 Å². The Morgan fingerprint density at radius 2 is 2.00 bits per heavy atom. The fraction of sp³-hybridized carbons (Fsp3) is 0.267. The van der Waals surface area contributed by atoms with Crippen molar-refractivity contribution in [2.24, 2.45) is 0 Å². The minimum absolute atomic E-state index is 0.118. The van der Waals surface area contributed by atoms with Crippen molar-refractivity contribution >= 4 is 17.6 Å². The van der Waals surface area contributed by atoms with Crippen molar-refractivity contribution in [1.29, 1.82) is 0 Å². The van der Waals surface area contributed by atoms with Crippen LogP contribution in [0.5, 0.6) is 0 Å². The molecule has 1 heterocycles. The van der Waals surface area contributed by atoms with E-state index in [0.29, 0.717) is 13.1 Å². The lowest BCUT2D eigenvalue weighted by Crippen LogP contribution is -2.36. The molecule has 0 atom stereocenters. The van der Waals surface area contributed by atoms with E-state index in [-0.39, 0.29) is 11.9 Å². The van der Waals surface area contributed by atoms with E-state index in [1.807, 2.05) is 37.4 Å². The summed E-state index contributed by atoms with van der Waals surface area (Å²) in [4.78, 5) is 22.5. The van der Waals surface area contributed by atoms with Gasteiger partial charge in [0.15, 0.2) is 0 Å². The highest BCUT2D eigenvalue weighted by atomic mass is 16.2. The number of aryl methyl sites for hydroxylation is 1. The summed E-state index contributed by atoms with van der Waals surface area (Å²) >= 11 is 0. The first-order valence-corrected chi connectivity index (χ1v) is 6.96. The summed E-state index contributed by atoms with van der Waals surface area (Å²) in [5.41, 5.74) is 2.59. The summed E-state index contributed by atoms with van der Waals surface area (Å²) in [5, 5.41) is 12.2. The SMILES string of the molecule is CC(=O)NCCNC(=O)Nc1ccc(-n2cccn2)cc1C. The molecule has 0 aliphatic rings. The van der Waals surface area contributed by atoms with E-state index in [2.05, 4.69) is 21.0 Å². The second-order valence-electron chi connectivity index (χ2n) is 4.81. The summed E-state index contributed by atoms with van der Waals surface area (Å²) < 4.78 is 1.75. The van der Waals surface area contributed by atoms with Gasteiger partial charge in [0.2, 0.25) is 5.91 Å². The molecule has 7 heteroatoms. The first-order valence-electron chi connectivity index (χ1n) is 6.96. The summed E-state index contributed by atoms with van der Waals surface area (Å²) in [6, 6.07) is 7.21. The number of hydrogen-bond donors (Lipinski definition) is 3. The highest BCUT2D eigenvalue weighted by Crippen LogP contribution is 2.18. The number of benzene rings is 1. The van der Waals surface area contributed by atoms with Crippen molar-refractivity contribution in [3.63, 3.8) is 0 Å². The van der Waals surface area contributed by atoms with Gasteiger partial charge in [0.25, 0.3) is 0 Å². The van der Waals surface area contributed by atoms with Gasteiger partial charge < -0.3 is 16.0 Å². The van der Waals surface area contributed by atoms with E-state index in [4.69, 9.17) is 0 Å². The van der Waals surface area contributed by atoms with Crippen LogP contribution in [0.3, 0.4) is 0 Å². The van der Waals surface area contributed by atoms with Crippen LogP contribution in [-0.2, 0) is 4.79 Å². The molecule has 0 unspecified atom stereocenters. The molecule has 0 radical (unpaired) electrons. The van der Waals surface area contributed by atoms with Crippen LogP contribution in [0.4, 0.5) is 10.5 Å². The average Bonchev–Trinajstić information content (AvgIpc) is 3.00. The number of nitrogens with zero attached hydrogens (tertiary/aromatic N) is 2. The zero-order valence-electron chi connectivity index (χ0n) is 12.6. The molecule has 7 nitrogen and oxygen atoms in total. The monoisotopic (exact) mass is 301 g/mol. The van der Waals surface area contributed by atoms with Gasteiger partial charge in [-0.05, 0) is 36.8 Å². The maximum atomic E-state index is 11.8. The van der Waals surface area contributed by atoms with E-state index in [1.165, 1.54) is 6.92 Å². The van der Waals surface area contributed by atoms with Gasteiger partial charge in [-0.2, -0.15) is 5.10 Å². The molecule has 0 spiro atoms. The Labute approximate surface area is 128 Å². The van der Waals surface area contributed by atoms with Crippen molar-refractivity contribution in [1.82, 2.24) is 20.4 Å². The number of aromatic nitrogens is 2. The first kappa shape index (κ1) is 15.6. The highest BCUT2D eigenvalue weighted by Gasteiger charge is 2.05. The van der Waals surface area contributed by atoms with E-state index in [0.717, 1.165) is 16.9 Å². The van der Waals surface area contributed by atoms with Crippen LogP contribution >= 0.6 is 0 Å². The van der Waals surface area contributed by atoms with Crippen LogP contribution < -0.4 is 16.0 Å². The van der Waals surface area contributed by atoms with Crippen LogP contribution in [0.25, 0.3) is 5.69 Å². The standard InChI is InChI=1S/C15H19N5O2/c1-11-10-13(20-9-3-6-18-20)4-5-14(11)19-15(22)17-8-7-16-12(2)21/h3-6,9-10H,7-8H2,1-2H3,(H,16,21)(H2,17,19,22). The molecule has 0 saturated heterocycles. The van der Waals surface area contributed by atoms with Crippen LogP contribution in [0.1, 0.15) is 12.5 Å². The summed E-state index contributed by atoms with van der Waals surface area (Å²) in [5.74, 6) is -0.118. The normalized spacial score (nSPS) is 10.1. The minimum Gasteiger partial charge on any atom is -0.355 e. The first-order chi connectivity index (χ1) is 10.6. The highest BCUT2D eigenvalue weighted by molar-refractivity contribution is 5.90. The molecule has 3 amide bonds. The molecule has 0 bridgehead atoms. The van der Waals surface area contributed by atoms with E-state index in [9.17, 15) is 9.59 Å². The molecule has 3 N–H and O–H groups in total. The van der Waals surface area contributed by atoms with Gasteiger partial charge in [-0.15, -0.1) is 0 Å². The predicted octanol–water partition coefficient (Wildman–Crippen LogP) is 1.44. The lowest BCUT2D eigenvalue weighted by molar-refractivity contribution is -0.118. The van der Waals surface area contributed by atoms with Crippen molar-refractivity contribution in [3.8, 4) is 5.69 Å². The lowest BCUT2D eigenvalue weighted by atomic mass is 10.2. The van der Waals surface area contributed by atoms with Gasteiger partial charge in [-0.25, -0.2) is 9.48 Å². The average molecular weight is 301 g/mol. The van der Waals surface area contributed by atoms with E-state index in [1.54, 1.807) is 10.9 Å². The molecule has 116 valence electrons. The van der Waals surface area contributed by atoms with Crippen molar-refractivity contribution < 1.29 is 9.59 Å². The van der Waals surface area contributed by atoms with Gasteiger partial charge >= 0.3 is 6.03 Å². The third kappa shape index (κ3) is 4.34. The summed E-state index contributed by atoms with van der Waals surface area (Å²) in [6.45, 7) is 4.13. The third-order valence-electron chi connectivity index (χ3n) is 3.01. The molecule has 2 aromatic rings. The second kappa shape index (κ2) is 7.26. The molecule has 2 rings (SSSR count). The molecule has 1 aromatic heterocycles. The topological polar surface area (TPSA) is 88.0 Å². The van der Waals surface area contributed by atoms with Crippen LogP contribution in [0.15, 0.2) is 36.7 Å². The summed E-state index contributed by atoms with van der Waals surface area (Å²) in [6.07, 6.45) is 3.57. The van der Waals surface area contributed by atoms with Crippen LogP contribution in [-0.4, -0.2) is 34.8 Å². The number of carbonyl (C=O) groups is 2. The maximum absolute atomic E-state index is 11.8. The smallest absolute Gasteiger partial charge is 0.319 e. The second-order valence-corrected chi connectivity index (χ2v) is 4.81. The Morgan fingerprint density at radius 1 is 1.23 bits per heavy atom. The van der Waals surface area contributed by atoms with Gasteiger partial charge in [-0.1, -0.05) is 0 Å². The summed E-state index contributed by atoms with van der Waals surface area (Å²) in [7, 11) is 0. The van der Waals surface area contributed by atoms with Crippen molar-refractivity contribution in [2.45, 2.75) is 13.8 Å². The van der Waals surface area contributed by atoms with E-state index >= 15 is 0 Å². The molecule has 0 aliphatic heterocycles. The molecule has 0 saturated carbocycles. The van der Waals surface area contributed by atoms with Crippen molar-refractivity contribution in [3.05, 3.63) is 42.2 Å². The maximum Gasteiger partial charge on any atom is 0.319 e. The van der Waals surface area contributed by atoms with Gasteiger partial charge in [0.1, 0.15) is 0 Å². The number of amides is 3. The number of rotatable bonds is 5. The Morgan fingerprint density at radius 3 is 2.64 bits per heavy atom. The molecular weight excluding hydrogens is 282 g/mol. The van der Waals surface area contributed by atoms with Gasteiger partial charge in [-0.3, -0.25) is 4.79 Å². The Bertz CT molecular complexity index is 652. The lowest BCUT2D eigenvalue weighted by Gasteiger charge is -2.11. The fourth-order valence-corrected chi connectivity index (χ4v) is 1.93. The van der Waals surface area contributed by atoms with Crippen molar-refractivity contribution in [2.75, 3.05) is 18.4 Å². The number of anilines is 1. The molecule has 0 aliphatic carbocycles. The third-order valence-corrected chi connectivity index (χ3v) is 3.01.